The highest BCUT2D eigenvalue weighted by atomic mass is 15.2. The fourth-order valence-electron chi connectivity index (χ4n) is 10.2. The molecule has 0 aliphatic heterocycles. The molecule has 0 amide bonds. The van der Waals surface area contributed by atoms with Crippen LogP contribution in [0.15, 0.2) is 176 Å². The molecule has 2 nitrogen and oxygen atoms in total. The quantitative estimate of drug-likeness (QED) is 0.141. The summed E-state index contributed by atoms with van der Waals surface area (Å²) < 4.78 is 0. The first kappa shape index (κ1) is 40.9. The minimum Gasteiger partial charge on any atom is -0.309 e. The van der Waals surface area contributed by atoms with Gasteiger partial charge in [-0.3, -0.25) is 0 Å². The second-order valence-electron chi connectivity index (χ2n) is 19.1. The maximum Gasteiger partial charge on any atom is 0.0561 e. The lowest BCUT2D eigenvalue weighted by atomic mass is 9.83. The summed E-state index contributed by atoms with van der Waals surface area (Å²) in [5, 5.41) is 7.56. The highest BCUT2D eigenvalue weighted by molar-refractivity contribution is 6.29. The van der Waals surface area contributed by atoms with Gasteiger partial charge in [0.05, 0.1) is 11.4 Å². The third kappa shape index (κ3) is 7.18. The molecule has 0 unspecified atom stereocenters. The number of hydrogen-bond donors (Lipinski definition) is 0. The van der Waals surface area contributed by atoms with E-state index in [1.165, 1.54) is 93.5 Å². The summed E-state index contributed by atoms with van der Waals surface area (Å²) in [5.74, 6) is 0. The number of nitrogens with zero attached hydrogens (tertiary/aromatic N) is 2. The lowest BCUT2D eigenvalue weighted by Crippen LogP contribution is -2.16. The fourth-order valence-corrected chi connectivity index (χ4v) is 10.2. The predicted molar refractivity (Wildman–Crippen MR) is 278 cm³/mol. The van der Waals surface area contributed by atoms with Crippen LogP contribution in [-0.2, 0) is 5.41 Å². The lowest BCUT2D eigenvalue weighted by Gasteiger charge is -2.34. The highest BCUT2D eigenvalue weighted by Gasteiger charge is 2.28. The summed E-state index contributed by atoms with van der Waals surface area (Å²) in [5.41, 5.74) is 20.5. The molecule has 0 atom stereocenters. The van der Waals surface area contributed by atoms with Gasteiger partial charge >= 0.3 is 0 Å². The van der Waals surface area contributed by atoms with E-state index < -0.39 is 0 Å². The van der Waals surface area contributed by atoms with Crippen molar-refractivity contribution >= 4 is 66.4 Å². The van der Waals surface area contributed by atoms with Crippen molar-refractivity contribution < 1.29 is 0 Å². The molecule has 0 saturated carbocycles. The van der Waals surface area contributed by atoms with Crippen LogP contribution >= 0.6 is 0 Å². The summed E-state index contributed by atoms with van der Waals surface area (Å²) in [6, 6.07) is 66.1. The van der Waals surface area contributed by atoms with Crippen molar-refractivity contribution in [1.29, 1.82) is 0 Å². The highest BCUT2D eigenvalue weighted by Crippen LogP contribution is 2.52. The van der Waals surface area contributed by atoms with Gasteiger partial charge in [0.2, 0.25) is 0 Å². The molecule has 0 radical (unpaired) electrons. The largest absolute Gasteiger partial charge is 0.309 e. The van der Waals surface area contributed by atoms with Gasteiger partial charge in [0.1, 0.15) is 0 Å². The summed E-state index contributed by atoms with van der Waals surface area (Å²) in [6.45, 7) is 20.4. The third-order valence-electron chi connectivity index (χ3n) is 13.2. The van der Waals surface area contributed by atoms with Gasteiger partial charge in [-0.1, -0.05) is 154 Å². The molecule has 0 bridgehead atoms. The van der Waals surface area contributed by atoms with E-state index in [2.05, 4.69) is 248 Å². The Balaban J connectivity index is 1.37. The molecule has 64 heavy (non-hydrogen) atoms. The predicted octanol–water partition coefficient (Wildman–Crippen LogP) is 18.0. The summed E-state index contributed by atoms with van der Waals surface area (Å²) in [4.78, 5) is 5.09. The van der Waals surface area contributed by atoms with Gasteiger partial charge in [0.25, 0.3) is 0 Å². The van der Waals surface area contributed by atoms with Gasteiger partial charge in [-0.25, -0.2) is 0 Å². The first-order chi connectivity index (χ1) is 30.8. The van der Waals surface area contributed by atoms with E-state index in [0.29, 0.717) is 0 Å². The number of hydrogen-bond acceptors (Lipinski definition) is 2. The van der Waals surface area contributed by atoms with E-state index in [1.54, 1.807) is 0 Å². The van der Waals surface area contributed by atoms with Crippen molar-refractivity contribution in [3.63, 3.8) is 0 Å². The zero-order valence-electron chi connectivity index (χ0n) is 38.6. The topological polar surface area (TPSA) is 6.48 Å². The summed E-state index contributed by atoms with van der Waals surface area (Å²) >= 11 is 0. The molecule has 0 fully saturated rings. The van der Waals surface area contributed by atoms with Crippen molar-refractivity contribution in [2.24, 2.45) is 0 Å². The molecule has 0 aromatic heterocycles. The SMILES string of the molecule is Cc1cc(C)cc(N(c2cccc(-c3ccccc3)c2C)c2cc(N(c3cc(C)cc(C)c3)c3cccc(-c4ccccc4)c3C)c3ccc4cc(C(C)(C)C)cc5ccc2c3c54)c1. The lowest BCUT2D eigenvalue weighted by molar-refractivity contribution is 0.591. The van der Waals surface area contributed by atoms with Crippen molar-refractivity contribution in [1.82, 2.24) is 0 Å². The summed E-state index contributed by atoms with van der Waals surface area (Å²) in [6.07, 6.45) is 0. The third-order valence-corrected chi connectivity index (χ3v) is 13.2. The minimum absolute atomic E-state index is 0.00300. The molecule has 0 heterocycles. The zero-order valence-corrected chi connectivity index (χ0v) is 38.6. The zero-order chi connectivity index (χ0) is 44.4. The molecule has 0 aliphatic carbocycles. The second-order valence-corrected chi connectivity index (χ2v) is 19.1. The van der Waals surface area contributed by atoms with E-state index in [-0.39, 0.29) is 5.41 Å². The smallest absolute Gasteiger partial charge is 0.0561 e. The molecule has 0 N–H and O–H groups in total. The van der Waals surface area contributed by atoms with Gasteiger partial charge in [0.15, 0.2) is 0 Å². The Morgan fingerprint density at radius 2 is 0.750 bits per heavy atom. The van der Waals surface area contributed by atoms with Gasteiger partial charge in [-0.2, -0.15) is 0 Å². The normalized spacial score (nSPS) is 11.8. The van der Waals surface area contributed by atoms with Crippen LogP contribution < -0.4 is 9.80 Å². The van der Waals surface area contributed by atoms with E-state index in [9.17, 15) is 0 Å². The monoisotopic (exact) mass is 828 g/mol. The molecule has 0 saturated heterocycles. The van der Waals surface area contributed by atoms with Crippen LogP contribution in [0.4, 0.5) is 34.1 Å². The van der Waals surface area contributed by atoms with Crippen LogP contribution in [-0.4, -0.2) is 0 Å². The van der Waals surface area contributed by atoms with Gasteiger partial charge in [-0.05, 0) is 167 Å². The molecule has 10 rings (SSSR count). The average molecular weight is 829 g/mol. The van der Waals surface area contributed by atoms with Crippen LogP contribution in [0.3, 0.4) is 0 Å². The fraction of sp³-hybridized carbons (Fsp3) is 0.161. The summed E-state index contributed by atoms with van der Waals surface area (Å²) in [7, 11) is 0. The van der Waals surface area contributed by atoms with Crippen molar-refractivity contribution in [3.8, 4) is 22.3 Å². The first-order valence-corrected chi connectivity index (χ1v) is 22.7. The van der Waals surface area contributed by atoms with Crippen LogP contribution in [0.25, 0.3) is 54.6 Å². The Kier molecular flexibility index (Phi) is 10.1. The van der Waals surface area contributed by atoms with Crippen molar-refractivity contribution in [2.45, 2.75) is 67.7 Å². The molecule has 10 aromatic rings. The van der Waals surface area contributed by atoms with Crippen LogP contribution in [0.2, 0.25) is 0 Å². The van der Waals surface area contributed by atoms with E-state index >= 15 is 0 Å². The van der Waals surface area contributed by atoms with Crippen LogP contribution in [0, 0.1) is 41.5 Å². The number of benzene rings is 10. The Morgan fingerprint density at radius 1 is 0.344 bits per heavy atom. The van der Waals surface area contributed by atoms with Crippen molar-refractivity contribution in [3.05, 3.63) is 215 Å². The number of aryl methyl sites for hydroxylation is 4. The van der Waals surface area contributed by atoms with E-state index in [0.717, 1.165) is 34.1 Å². The minimum atomic E-state index is 0.00300. The second kappa shape index (κ2) is 15.9. The standard InChI is InChI=1S/C62H56N2/c1-39-30-40(2)33-50(32-39)63(56-24-16-22-52(43(56)5)45-18-12-10-13-19-45)58-38-59(55-29-27-48-37-49(62(7,8)9)36-47-26-28-54(58)61(55)60(47)48)64(51-34-41(3)31-42(4)35-51)57-25-17-23-53(44(57)6)46-20-14-11-15-21-46/h10-38H,1-9H3. The van der Waals surface area contributed by atoms with Crippen LogP contribution in [0.5, 0.6) is 0 Å². The Labute approximate surface area is 379 Å². The molecular weight excluding hydrogens is 773 g/mol. The molecule has 314 valence electrons. The first-order valence-electron chi connectivity index (χ1n) is 22.7. The Bertz CT molecular complexity index is 3120. The van der Waals surface area contributed by atoms with Crippen molar-refractivity contribution in [2.75, 3.05) is 9.80 Å². The molecular formula is C62H56N2. The molecule has 2 heteroatoms. The van der Waals surface area contributed by atoms with E-state index in [4.69, 9.17) is 0 Å². The Hall–Kier alpha value is -7.16. The number of anilines is 6. The Morgan fingerprint density at radius 3 is 1.14 bits per heavy atom. The van der Waals surface area contributed by atoms with Gasteiger partial charge < -0.3 is 9.80 Å². The van der Waals surface area contributed by atoms with Gasteiger partial charge in [0, 0.05) is 38.9 Å². The maximum absolute atomic E-state index is 2.55. The average Bonchev–Trinajstić information content (AvgIpc) is 3.27. The molecule has 10 aromatic carbocycles. The van der Waals surface area contributed by atoms with E-state index in [1.807, 2.05) is 0 Å². The maximum atomic E-state index is 2.55. The number of rotatable bonds is 8. The van der Waals surface area contributed by atoms with Crippen LogP contribution in [0.1, 0.15) is 59.7 Å². The molecule has 0 spiro atoms. The molecule has 0 aliphatic rings. The van der Waals surface area contributed by atoms with Gasteiger partial charge in [-0.15, -0.1) is 0 Å².